The number of hydrogen-bond donors (Lipinski definition) is 1. The molecule has 1 N–H and O–H groups in total. The Morgan fingerprint density at radius 2 is 1.60 bits per heavy atom. The number of phenols is 1. The van der Waals surface area contributed by atoms with Gasteiger partial charge >= 0.3 is 0 Å². The fraction of sp³-hybridized carbons (Fsp3) is 0.525. The monoisotopic (exact) mass is 605 g/mol. The molecule has 0 spiro atoms. The van der Waals surface area contributed by atoms with Crippen molar-refractivity contribution < 1.29 is 9.90 Å². The molecule has 238 valence electrons. The molecular formula is C40H51N3O2. The van der Waals surface area contributed by atoms with Crippen LogP contribution in [0.3, 0.4) is 0 Å². The minimum atomic E-state index is -0.0905. The van der Waals surface area contributed by atoms with Crippen molar-refractivity contribution in [3.63, 3.8) is 0 Å². The molecule has 3 aromatic carbocycles. The van der Waals surface area contributed by atoms with Crippen molar-refractivity contribution >= 4 is 12.0 Å². The predicted octanol–water partition coefficient (Wildman–Crippen LogP) is 7.38. The van der Waals surface area contributed by atoms with Gasteiger partial charge in [0.2, 0.25) is 0 Å². The standard InChI is InChI=1S/C40H51N3O2/c1-30-27-41(28-40(29-44)20-6-3-7-21-40)24-25-43(30)35-18-22-42(23-19-35)34-13-10-32(11-14-34)39-37(31-8-4-2-5-9-31)16-12-33-26-36(45)15-17-38(33)39/h2,4-5,8-11,13-15,17,26,29-30,35,37,39,45H,3,6-7,12,16,18-25,27-28H2,1H3/t30-,37+,39-/m0/s1. The lowest BCUT2D eigenvalue weighted by molar-refractivity contribution is -0.119. The summed E-state index contributed by atoms with van der Waals surface area (Å²) in [7, 11) is 0. The number of hydrogen-bond acceptors (Lipinski definition) is 5. The molecule has 3 aromatic rings. The highest BCUT2D eigenvalue weighted by Gasteiger charge is 2.38. The summed E-state index contributed by atoms with van der Waals surface area (Å²) in [6, 6.07) is 27.6. The zero-order chi connectivity index (χ0) is 30.8. The van der Waals surface area contributed by atoms with Gasteiger partial charge in [-0.05, 0) is 97.9 Å². The summed E-state index contributed by atoms with van der Waals surface area (Å²) >= 11 is 0. The quantitative estimate of drug-likeness (QED) is 0.285. The molecule has 3 atom stereocenters. The maximum absolute atomic E-state index is 12.1. The Labute approximate surface area is 270 Å². The molecule has 2 heterocycles. The Balaban J connectivity index is 0.988. The number of benzene rings is 3. The SMILES string of the molecule is C[C@H]1CN(CC2(C=O)CCCCC2)CCN1C1CCN(c2ccc([C@@H]3c4ccc(O)cc4CC[C@@H]3c3ccccc3)cc2)CC1. The van der Waals surface area contributed by atoms with E-state index in [2.05, 4.69) is 82.3 Å². The molecule has 7 rings (SSSR count). The summed E-state index contributed by atoms with van der Waals surface area (Å²) in [5, 5.41) is 10.2. The van der Waals surface area contributed by atoms with E-state index in [4.69, 9.17) is 0 Å². The van der Waals surface area contributed by atoms with E-state index in [9.17, 15) is 9.90 Å². The third-order valence-electron chi connectivity index (χ3n) is 11.8. The average molecular weight is 606 g/mol. The van der Waals surface area contributed by atoms with Gasteiger partial charge in [0, 0.05) is 68.4 Å². The second-order valence-corrected chi connectivity index (χ2v) is 14.6. The maximum atomic E-state index is 12.1. The van der Waals surface area contributed by atoms with Gasteiger partial charge in [-0.25, -0.2) is 0 Å². The van der Waals surface area contributed by atoms with Crippen LogP contribution in [0.5, 0.6) is 5.75 Å². The number of aromatic hydroxyl groups is 1. The van der Waals surface area contributed by atoms with Crippen LogP contribution in [0.25, 0.3) is 0 Å². The Hall–Kier alpha value is -3.15. The lowest BCUT2D eigenvalue weighted by Crippen LogP contribution is -2.59. The third kappa shape index (κ3) is 6.44. The fourth-order valence-corrected chi connectivity index (χ4v) is 9.37. The van der Waals surface area contributed by atoms with E-state index in [-0.39, 0.29) is 11.3 Å². The van der Waals surface area contributed by atoms with Crippen LogP contribution < -0.4 is 4.90 Å². The number of piperazine rings is 1. The lowest BCUT2D eigenvalue weighted by atomic mass is 9.69. The van der Waals surface area contributed by atoms with E-state index < -0.39 is 0 Å². The van der Waals surface area contributed by atoms with Gasteiger partial charge < -0.3 is 14.8 Å². The molecule has 0 aromatic heterocycles. The summed E-state index contributed by atoms with van der Waals surface area (Å²) in [6.07, 6.45) is 11.7. The number of nitrogens with zero attached hydrogens (tertiary/aromatic N) is 3. The number of piperidine rings is 1. The minimum Gasteiger partial charge on any atom is -0.508 e. The number of carbonyl (C=O) groups is 1. The lowest BCUT2D eigenvalue weighted by Gasteiger charge is -2.48. The van der Waals surface area contributed by atoms with E-state index >= 15 is 0 Å². The Kier molecular flexibility index (Phi) is 9.01. The van der Waals surface area contributed by atoms with Gasteiger partial charge in [0.25, 0.3) is 0 Å². The highest BCUT2D eigenvalue weighted by atomic mass is 16.3. The second kappa shape index (κ2) is 13.3. The van der Waals surface area contributed by atoms with E-state index in [0.29, 0.717) is 23.8 Å². The largest absolute Gasteiger partial charge is 0.508 e. The molecule has 1 saturated carbocycles. The van der Waals surface area contributed by atoms with Gasteiger partial charge in [0.05, 0.1) is 0 Å². The molecule has 0 radical (unpaired) electrons. The molecule has 0 bridgehead atoms. The number of aryl methyl sites for hydroxylation is 1. The van der Waals surface area contributed by atoms with Crippen LogP contribution in [0.15, 0.2) is 72.8 Å². The Bertz CT molecular complexity index is 1430. The van der Waals surface area contributed by atoms with Crippen molar-refractivity contribution in [2.75, 3.05) is 44.2 Å². The number of phenolic OH excluding ortho intramolecular Hbond substituents is 1. The first-order chi connectivity index (χ1) is 22.0. The molecular weight excluding hydrogens is 554 g/mol. The van der Waals surface area contributed by atoms with Crippen molar-refractivity contribution in [1.82, 2.24) is 9.80 Å². The molecule has 0 unspecified atom stereocenters. The normalized spacial score (nSPS) is 26.3. The van der Waals surface area contributed by atoms with Crippen LogP contribution in [0.4, 0.5) is 5.69 Å². The fourth-order valence-electron chi connectivity index (χ4n) is 9.37. The van der Waals surface area contributed by atoms with Gasteiger partial charge in [0.1, 0.15) is 12.0 Å². The van der Waals surface area contributed by atoms with Crippen molar-refractivity contribution in [3.8, 4) is 5.75 Å². The van der Waals surface area contributed by atoms with Crippen LogP contribution in [-0.4, -0.2) is 72.5 Å². The minimum absolute atomic E-state index is 0.0905. The van der Waals surface area contributed by atoms with E-state index in [1.54, 1.807) is 0 Å². The molecule has 0 amide bonds. The first kappa shape index (κ1) is 30.5. The summed E-state index contributed by atoms with van der Waals surface area (Å²) in [4.78, 5) is 20.0. The molecule has 2 saturated heterocycles. The molecule has 5 nitrogen and oxygen atoms in total. The van der Waals surface area contributed by atoms with Crippen LogP contribution >= 0.6 is 0 Å². The highest BCUT2D eigenvalue weighted by Crippen LogP contribution is 2.47. The number of aldehydes is 1. The molecule has 3 fully saturated rings. The summed E-state index contributed by atoms with van der Waals surface area (Å²) in [5.41, 5.74) is 6.65. The number of fused-ring (bicyclic) bond motifs is 1. The molecule has 4 aliphatic rings. The van der Waals surface area contributed by atoms with Gasteiger partial charge in [-0.15, -0.1) is 0 Å². The van der Waals surface area contributed by atoms with Gasteiger partial charge in [-0.3, -0.25) is 9.80 Å². The van der Waals surface area contributed by atoms with E-state index in [1.165, 1.54) is 66.3 Å². The smallest absolute Gasteiger partial charge is 0.127 e. The molecule has 2 aliphatic heterocycles. The summed E-state index contributed by atoms with van der Waals surface area (Å²) in [6.45, 7) is 8.87. The van der Waals surface area contributed by atoms with Crippen LogP contribution in [0, 0.1) is 5.41 Å². The number of rotatable bonds is 7. The predicted molar refractivity (Wildman–Crippen MR) is 183 cm³/mol. The third-order valence-corrected chi connectivity index (χ3v) is 11.8. The van der Waals surface area contributed by atoms with Crippen LogP contribution in [-0.2, 0) is 11.2 Å². The number of anilines is 1. The number of carbonyl (C=O) groups excluding carboxylic acids is 1. The molecule has 2 aliphatic carbocycles. The molecule has 45 heavy (non-hydrogen) atoms. The van der Waals surface area contributed by atoms with Gasteiger partial charge in [-0.1, -0.05) is 67.8 Å². The van der Waals surface area contributed by atoms with Crippen molar-refractivity contribution in [2.24, 2.45) is 5.41 Å². The zero-order valence-electron chi connectivity index (χ0n) is 27.1. The maximum Gasteiger partial charge on any atom is 0.127 e. The average Bonchev–Trinajstić information content (AvgIpc) is 3.09. The Morgan fingerprint density at radius 1 is 0.844 bits per heavy atom. The summed E-state index contributed by atoms with van der Waals surface area (Å²) < 4.78 is 0. The zero-order valence-corrected chi connectivity index (χ0v) is 27.1. The summed E-state index contributed by atoms with van der Waals surface area (Å²) in [5.74, 6) is 1.08. The van der Waals surface area contributed by atoms with E-state index in [1.807, 2.05) is 12.1 Å². The van der Waals surface area contributed by atoms with Gasteiger partial charge in [-0.2, -0.15) is 0 Å². The first-order valence-corrected chi connectivity index (χ1v) is 17.7. The second-order valence-electron chi connectivity index (χ2n) is 14.6. The van der Waals surface area contributed by atoms with E-state index in [0.717, 1.165) is 65.0 Å². The van der Waals surface area contributed by atoms with Crippen molar-refractivity contribution in [3.05, 3.63) is 95.1 Å². The van der Waals surface area contributed by atoms with Crippen molar-refractivity contribution in [2.45, 2.75) is 88.6 Å². The highest BCUT2D eigenvalue weighted by molar-refractivity contribution is 5.60. The van der Waals surface area contributed by atoms with Crippen LogP contribution in [0.1, 0.15) is 92.4 Å². The topological polar surface area (TPSA) is 47.0 Å². The molecule has 5 heteroatoms. The van der Waals surface area contributed by atoms with Crippen LogP contribution in [0.2, 0.25) is 0 Å². The van der Waals surface area contributed by atoms with Gasteiger partial charge in [0.15, 0.2) is 0 Å². The Morgan fingerprint density at radius 3 is 2.31 bits per heavy atom. The van der Waals surface area contributed by atoms with Crippen molar-refractivity contribution in [1.29, 1.82) is 0 Å². The first-order valence-electron chi connectivity index (χ1n) is 17.7.